The largest absolute Gasteiger partial charge is 0.497 e. The van der Waals surface area contributed by atoms with Crippen molar-refractivity contribution in [2.24, 2.45) is 5.92 Å². The Bertz CT molecular complexity index is 734. The quantitative estimate of drug-likeness (QED) is 0.927. The molecule has 2 bridgehead atoms. The predicted molar refractivity (Wildman–Crippen MR) is 96.7 cm³/mol. The topological polar surface area (TPSA) is 41.6 Å². The van der Waals surface area contributed by atoms with Crippen LogP contribution in [0.4, 0.5) is 0 Å². The van der Waals surface area contributed by atoms with Gasteiger partial charge in [-0.3, -0.25) is 4.79 Å². The van der Waals surface area contributed by atoms with Crippen LogP contribution in [0, 0.1) is 5.92 Å². The van der Waals surface area contributed by atoms with Crippen LogP contribution in [0.3, 0.4) is 0 Å². The average molecular weight is 342 g/mol. The van der Waals surface area contributed by atoms with Gasteiger partial charge in [0.15, 0.2) is 0 Å². The van der Waals surface area contributed by atoms with Gasteiger partial charge in [-0.2, -0.15) is 0 Å². The van der Waals surface area contributed by atoms with Crippen LogP contribution in [0.2, 0.25) is 0 Å². The number of ether oxygens (including phenoxy) is 1. The van der Waals surface area contributed by atoms with Crippen LogP contribution in [0.25, 0.3) is 11.1 Å². The molecule has 1 aromatic carbocycles. The fraction of sp³-hybridized carbons (Fsp3) is 0.421. The van der Waals surface area contributed by atoms with E-state index in [4.69, 9.17) is 4.74 Å². The lowest BCUT2D eigenvalue weighted by Gasteiger charge is -2.44. The molecular weight excluding hydrogens is 320 g/mol. The van der Waals surface area contributed by atoms with E-state index in [0.29, 0.717) is 12.0 Å². The summed E-state index contributed by atoms with van der Waals surface area (Å²) in [5, 5.41) is 5.30. The van der Waals surface area contributed by atoms with Gasteiger partial charge in [0.2, 0.25) is 0 Å². The molecule has 1 aromatic heterocycles. The molecule has 0 unspecified atom stereocenters. The van der Waals surface area contributed by atoms with E-state index in [1.54, 1.807) is 7.11 Å². The van der Waals surface area contributed by atoms with Crippen LogP contribution in [0.1, 0.15) is 22.5 Å². The van der Waals surface area contributed by atoms with Gasteiger partial charge in [-0.15, -0.1) is 11.3 Å². The standard InChI is InChI=1S/C19H22N2O2S/c1-23-16-4-2-3-14(9-16)15-10-18(24-12-15)19(22)20-17-11-21-7-5-13(17)6-8-21/h2-4,9-10,12-13,17H,5-8,11H2,1H3,(H,20,22)/t17-/m0/s1. The maximum Gasteiger partial charge on any atom is 0.261 e. The number of carbonyl (C=O) groups excluding carboxylic acids is 1. The van der Waals surface area contributed by atoms with Crippen molar-refractivity contribution in [3.63, 3.8) is 0 Å². The highest BCUT2D eigenvalue weighted by atomic mass is 32.1. The van der Waals surface area contributed by atoms with Gasteiger partial charge in [-0.25, -0.2) is 0 Å². The molecule has 3 aliphatic rings. The van der Waals surface area contributed by atoms with Crippen LogP contribution in [0.5, 0.6) is 5.75 Å². The molecule has 0 radical (unpaired) electrons. The van der Waals surface area contributed by atoms with Gasteiger partial charge >= 0.3 is 0 Å². The lowest BCUT2D eigenvalue weighted by molar-refractivity contribution is 0.0622. The minimum atomic E-state index is 0.0629. The number of thiophene rings is 1. The van der Waals surface area contributed by atoms with E-state index in [9.17, 15) is 4.79 Å². The molecule has 0 aliphatic carbocycles. The van der Waals surface area contributed by atoms with Crippen molar-refractivity contribution in [3.05, 3.63) is 40.6 Å². The molecule has 2 aromatic rings. The molecule has 3 aliphatic heterocycles. The molecule has 5 rings (SSSR count). The summed E-state index contributed by atoms with van der Waals surface area (Å²) in [6, 6.07) is 10.2. The highest BCUT2D eigenvalue weighted by molar-refractivity contribution is 7.12. The van der Waals surface area contributed by atoms with Crippen molar-refractivity contribution in [2.75, 3.05) is 26.7 Å². The molecular formula is C19H22N2O2S. The number of rotatable bonds is 4. The number of hydrogen-bond acceptors (Lipinski definition) is 4. The van der Waals surface area contributed by atoms with E-state index in [1.165, 1.54) is 37.3 Å². The van der Waals surface area contributed by atoms with E-state index in [1.807, 2.05) is 35.7 Å². The first-order chi connectivity index (χ1) is 11.7. The van der Waals surface area contributed by atoms with Gasteiger partial charge in [0, 0.05) is 12.6 Å². The molecule has 5 heteroatoms. The summed E-state index contributed by atoms with van der Waals surface area (Å²) in [6.07, 6.45) is 2.43. The third-order valence-electron chi connectivity index (χ3n) is 5.20. The molecule has 0 spiro atoms. The molecule has 1 N–H and O–H groups in total. The highest BCUT2D eigenvalue weighted by Gasteiger charge is 2.35. The second-order valence-corrected chi connectivity index (χ2v) is 7.56. The van der Waals surface area contributed by atoms with E-state index in [2.05, 4.69) is 10.2 Å². The zero-order chi connectivity index (χ0) is 16.5. The lowest BCUT2D eigenvalue weighted by atomic mass is 9.84. The lowest BCUT2D eigenvalue weighted by Crippen LogP contribution is -2.57. The van der Waals surface area contributed by atoms with Gasteiger partial charge in [0.1, 0.15) is 5.75 Å². The number of carbonyl (C=O) groups is 1. The Balaban J connectivity index is 1.47. The zero-order valence-corrected chi connectivity index (χ0v) is 14.6. The molecule has 1 amide bonds. The zero-order valence-electron chi connectivity index (χ0n) is 13.8. The van der Waals surface area contributed by atoms with Crippen molar-refractivity contribution in [3.8, 4) is 16.9 Å². The number of amides is 1. The first kappa shape index (κ1) is 15.7. The van der Waals surface area contributed by atoms with Crippen LogP contribution in [-0.4, -0.2) is 43.6 Å². The van der Waals surface area contributed by atoms with Crippen LogP contribution < -0.4 is 10.1 Å². The van der Waals surface area contributed by atoms with Crippen molar-refractivity contribution in [2.45, 2.75) is 18.9 Å². The van der Waals surface area contributed by atoms with Gasteiger partial charge < -0.3 is 15.0 Å². The number of benzene rings is 1. The predicted octanol–water partition coefficient (Wildman–Crippen LogP) is 3.25. The monoisotopic (exact) mass is 342 g/mol. The van der Waals surface area contributed by atoms with Crippen molar-refractivity contribution >= 4 is 17.2 Å². The van der Waals surface area contributed by atoms with Gasteiger partial charge in [-0.05, 0) is 66.6 Å². The second kappa shape index (κ2) is 6.57. The normalized spacial score (nSPS) is 25.5. The first-order valence-electron chi connectivity index (χ1n) is 8.49. The van der Waals surface area contributed by atoms with Gasteiger partial charge in [-0.1, -0.05) is 12.1 Å². The van der Waals surface area contributed by atoms with E-state index < -0.39 is 0 Å². The Kier molecular flexibility index (Phi) is 4.29. The van der Waals surface area contributed by atoms with Crippen molar-refractivity contribution in [1.82, 2.24) is 10.2 Å². The maximum atomic E-state index is 12.6. The molecule has 3 saturated heterocycles. The molecule has 4 heterocycles. The summed E-state index contributed by atoms with van der Waals surface area (Å²) < 4.78 is 5.28. The summed E-state index contributed by atoms with van der Waals surface area (Å²) in [5.74, 6) is 1.54. The highest BCUT2D eigenvalue weighted by Crippen LogP contribution is 2.30. The van der Waals surface area contributed by atoms with Crippen molar-refractivity contribution in [1.29, 1.82) is 0 Å². The molecule has 126 valence electrons. The molecule has 1 atom stereocenters. The summed E-state index contributed by atoms with van der Waals surface area (Å²) in [5.41, 5.74) is 2.14. The fourth-order valence-corrected chi connectivity index (χ4v) is 4.60. The maximum absolute atomic E-state index is 12.6. The number of methoxy groups -OCH3 is 1. The Labute approximate surface area is 146 Å². The fourth-order valence-electron chi connectivity index (χ4n) is 3.78. The Morgan fingerprint density at radius 2 is 2.08 bits per heavy atom. The number of piperidine rings is 3. The molecule has 0 saturated carbocycles. The minimum Gasteiger partial charge on any atom is -0.497 e. The molecule has 3 fully saturated rings. The van der Waals surface area contributed by atoms with Crippen LogP contribution >= 0.6 is 11.3 Å². The summed E-state index contributed by atoms with van der Waals surface area (Å²) >= 11 is 1.51. The number of hydrogen-bond donors (Lipinski definition) is 1. The van der Waals surface area contributed by atoms with Crippen molar-refractivity contribution < 1.29 is 9.53 Å². The Morgan fingerprint density at radius 1 is 1.25 bits per heavy atom. The van der Waals surface area contributed by atoms with Gasteiger partial charge in [0.25, 0.3) is 5.91 Å². The smallest absolute Gasteiger partial charge is 0.261 e. The van der Waals surface area contributed by atoms with Gasteiger partial charge in [0.05, 0.1) is 12.0 Å². The van der Waals surface area contributed by atoms with Crippen LogP contribution in [0.15, 0.2) is 35.7 Å². The Morgan fingerprint density at radius 3 is 2.79 bits per heavy atom. The first-order valence-corrected chi connectivity index (χ1v) is 9.37. The van der Waals surface area contributed by atoms with Crippen LogP contribution in [-0.2, 0) is 0 Å². The summed E-state index contributed by atoms with van der Waals surface area (Å²) in [7, 11) is 1.67. The number of nitrogens with zero attached hydrogens (tertiary/aromatic N) is 1. The minimum absolute atomic E-state index is 0.0629. The number of fused-ring (bicyclic) bond motifs is 3. The SMILES string of the molecule is COc1cccc(-c2csc(C(=O)N[C@H]3CN4CCC3CC4)c2)c1. The van der Waals surface area contributed by atoms with E-state index >= 15 is 0 Å². The average Bonchev–Trinajstić information content (AvgIpc) is 3.13. The third kappa shape index (κ3) is 3.06. The number of nitrogens with one attached hydrogen (secondary N) is 1. The third-order valence-corrected chi connectivity index (χ3v) is 6.13. The van der Waals surface area contributed by atoms with E-state index in [0.717, 1.165) is 28.3 Å². The van der Waals surface area contributed by atoms with E-state index in [-0.39, 0.29) is 5.91 Å². The molecule has 24 heavy (non-hydrogen) atoms. The second-order valence-electron chi connectivity index (χ2n) is 6.65. The summed E-state index contributed by atoms with van der Waals surface area (Å²) in [4.78, 5) is 15.9. The summed E-state index contributed by atoms with van der Waals surface area (Å²) in [6.45, 7) is 3.39. The Hall–Kier alpha value is -1.85. The molecule has 4 nitrogen and oxygen atoms in total.